The van der Waals surface area contributed by atoms with Crippen molar-refractivity contribution in [2.24, 2.45) is 5.92 Å². The number of likely N-dealkylation sites (tertiary alicyclic amines) is 3. The monoisotopic (exact) mass is 493 g/mol. The molecule has 3 saturated heterocycles. The van der Waals surface area contributed by atoms with E-state index in [9.17, 15) is 19.2 Å². The standard InChI is InChI=1S/C29H39N3O4/c1-21-9-3-6-12-24(21)29(20-26(34)32(28(29)36)23-10-4-5-11-23)19-25(33)30-17-13-22(14-18-30)27(35)31-15-7-2-8-16-31/h3,6,9,12,22-23H,2,4-5,7-8,10-11,13-20H2,1H3/t29-/m0/s1. The van der Waals surface area contributed by atoms with Gasteiger partial charge in [0, 0.05) is 51.0 Å². The van der Waals surface area contributed by atoms with Crippen molar-refractivity contribution in [2.75, 3.05) is 26.2 Å². The van der Waals surface area contributed by atoms with Crippen LogP contribution in [-0.4, -0.2) is 70.5 Å². The minimum atomic E-state index is -1.14. The first kappa shape index (κ1) is 25.0. The van der Waals surface area contributed by atoms with Gasteiger partial charge in [0.1, 0.15) is 0 Å². The Morgan fingerprint density at radius 3 is 2.19 bits per heavy atom. The SMILES string of the molecule is Cc1ccccc1[C@]1(CC(=O)N2CCC(C(=O)N3CCCCC3)CC2)CC(=O)N(C2CCCC2)C1=O. The van der Waals surface area contributed by atoms with E-state index in [2.05, 4.69) is 0 Å². The second-order valence-electron chi connectivity index (χ2n) is 11.3. The lowest BCUT2D eigenvalue weighted by Gasteiger charge is -2.37. The van der Waals surface area contributed by atoms with Gasteiger partial charge in [0.2, 0.25) is 23.6 Å². The van der Waals surface area contributed by atoms with Crippen molar-refractivity contribution < 1.29 is 19.2 Å². The first-order valence-corrected chi connectivity index (χ1v) is 13.9. The lowest BCUT2D eigenvalue weighted by molar-refractivity contribution is -0.145. The van der Waals surface area contributed by atoms with Gasteiger partial charge in [0.05, 0.1) is 5.41 Å². The highest BCUT2D eigenvalue weighted by Gasteiger charge is 2.56. The fraction of sp³-hybridized carbons (Fsp3) is 0.655. The zero-order valence-electron chi connectivity index (χ0n) is 21.5. The summed E-state index contributed by atoms with van der Waals surface area (Å²) in [6, 6.07) is 7.64. The maximum Gasteiger partial charge on any atom is 0.241 e. The number of carbonyl (C=O) groups excluding carboxylic acids is 4. The van der Waals surface area contributed by atoms with Crippen LogP contribution in [0.5, 0.6) is 0 Å². The maximum atomic E-state index is 14.0. The van der Waals surface area contributed by atoms with Crippen LogP contribution in [0.25, 0.3) is 0 Å². The van der Waals surface area contributed by atoms with Crippen LogP contribution in [-0.2, 0) is 24.6 Å². The summed E-state index contributed by atoms with van der Waals surface area (Å²) in [6.45, 7) is 4.72. The largest absolute Gasteiger partial charge is 0.343 e. The van der Waals surface area contributed by atoms with Crippen molar-refractivity contribution in [1.82, 2.24) is 14.7 Å². The third-order valence-electron chi connectivity index (χ3n) is 9.02. The van der Waals surface area contributed by atoms with Gasteiger partial charge >= 0.3 is 0 Å². The highest BCUT2D eigenvalue weighted by molar-refractivity contribution is 6.11. The van der Waals surface area contributed by atoms with Gasteiger partial charge in [-0.2, -0.15) is 0 Å². The van der Waals surface area contributed by atoms with E-state index in [1.54, 1.807) is 0 Å². The average Bonchev–Trinajstić information content (AvgIpc) is 3.50. The molecule has 0 unspecified atom stereocenters. The van der Waals surface area contributed by atoms with Crippen LogP contribution in [0, 0.1) is 12.8 Å². The number of carbonyl (C=O) groups is 4. The molecule has 0 spiro atoms. The Labute approximate surface area is 214 Å². The van der Waals surface area contributed by atoms with Crippen LogP contribution < -0.4 is 0 Å². The molecule has 3 aliphatic heterocycles. The van der Waals surface area contributed by atoms with Gasteiger partial charge in [-0.3, -0.25) is 24.1 Å². The van der Waals surface area contributed by atoms with Crippen molar-refractivity contribution in [1.29, 1.82) is 0 Å². The smallest absolute Gasteiger partial charge is 0.241 e. The Hall–Kier alpha value is -2.70. The molecular formula is C29H39N3O4. The average molecular weight is 494 g/mol. The van der Waals surface area contributed by atoms with E-state index in [1.165, 1.54) is 11.3 Å². The summed E-state index contributed by atoms with van der Waals surface area (Å²) in [4.78, 5) is 59.2. The van der Waals surface area contributed by atoms with Crippen LogP contribution in [0.3, 0.4) is 0 Å². The second kappa shape index (κ2) is 10.3. The van der Waals surface area contributed by atoms with Crippen molar-refractivity contribution >= 4 is 23.6 Å². The van der Waals surface area contributed by atoms with Gasteiger partial charge in [-0.25, -0.2) is 0 Å². The molecule has 36 heavy (non-hydrogen) atoms. The molecule has 1 saturated carbocycles. The van der Waals surface area contributed by atoms with E-state index < -0.39 is 5.41 Å². The van der Waals surface area contributed by atoms with Crippen molar-refractivity contribution in [3.63, 3.8) is 0 Å². The fourth-order valence-electron chi connectivity index (χ4n) is 6.97. The van der Waals surface area contributed by atoms with Gasteiger partial charge in [0.25, 0.3) is 0 Å². The summed E-state index contributed by atoms with van der Waals surface area (Å²) in [5.41, 5.74) is 0.598. The summed E-state index contributed by atoms with van der Waals surface area (Å²) in [5, 5.41) is 0. The van der Waals surface area contributed by atoms with Gasteiger partial charge in [0.15, 0.2) is 0 Å². The van der Waals surface area contributed by atoms with Gasteiger partial charge < -0.3 is 9.80 Å². The number of benzene rings is 1. The summed E-state index contributed by atoms with van der Waals surface area (Å²) < 4.78 is 0. The summed E-state index contributed by atoms with van der Waals surface area (Å²) in [5.74, 6) is -0.213. The zero-order valence-corrected chi connectivity index (χ0v) is 21.5. The van der Waals surface area contributed by atoms with Gasteiger partial charge in [-0.05, 0) is 63.0 Å². The van der Waals surface area contributed by atoms with E-state index in [0.717, 1.165) is 62.7 Å². The Kier molecular flexibility index (Phi) is 7.18. The van der Waals surface area contributed by atoms with Gasteiger partial charge in [-0.1, -0.05) is 37.1 Å². The quantitative estimate of drug-likeness (QED) is 0.588. The Bertz CT molecular complexity index is 1020. The number of rotatable bonds is 5. The molecule has 0 aromatic heterocycles. The Morgan fingerprint density at radius 2 is 1.53 bits per heavy atom. The third-order valence-corrected chi connectivity index (χ3v) is 9.02. The van der Waals surface area contributed by atoms with E-state index in [1.807, 2.05) is 41.0 Å². The number of imide groups is 1. The molecule has 1 aromatic rings. The molecule has 4 fully saturated rings. The van der Waals surface area contributed by atoms with Crippen molar-refractivity contribution in [2.45, 2.75) is 89.0 Å². The molecule has 7 heteroatoms. The van der Waals surface area contributed by atoms with Crippen LogP contribution in [0.15, 0.2) is 24.3 Å². The highest BCUT2D eigenvalue weighted by Crippen LogP contribution is 2.44. The normalized spacial score (nSPS) is 26.2. The molecule has 5 rings (SSSR count). The molecule has 3 heterocycles. The summed E-state index contributed by atoms with van der Waals surface area (Å²) in [7, 11) is 0. The number of hydrogen-bond acceptors (Lipinski definition) is 4. The Morgan fingerprint density at radius 1 is 0.861 bits per heavy atom. The highest BCUT2D eigenvalue weighted by atomic mass is 16.2. The first-order chi connectivity index (χ1) is 17.4. The van der Waals surface area contributed by atoms with Crippen LogP contribution >= 0.6 is 0 Å². The molecule has 4 aliphatic rings. The molecular weight excluding hydrogens is 454 g/mol. The maximum absolute atomic E-state index is 14.0. The molecule has 4 amide bonds. The van der Waals surface area contributed by atoms with E-state index in [4.69, 9.17) is 0 Å². The van der Waals surface area contributed by atoms with E-state index >= 15 is 0 Å². The van der Waals surface area contributed by atoms with Crippen LogP contribution in [0.1, 0.15) is 81.8 Å². The second-order valence-corrected chi connectivity index (χ2v) is 11.3. The molecule has 0 radical (unpaired) electrons. The molecule has 0 bridgehead atoms. The number of amides is 4. The van der Waals surface area contributed by atoms with E-state index in [0.29, 0.717) is 25.9 Å². The summed E-state index contributed by atoms with van der Waals surface area (Å²) in [6.07, 6.45) is 8.52. The molecule has 1 atom stereocenters. The topological polar surface area (TPSA) is 78.0 Å². The minimum Gasteiger partial charge on any atom is -0.343 e. The van der Waals surface area contributed by atoms with Gasteiger partial charge in [-0.15, -0.1) is 0 Å². The van der Waals surface area contributed by atoms with Crippen molar-refractivity contribution in [3.8, 4) is 0 Å². The summed E-state index contributed by atoms with van der Waals surface area (Å²) >= 11 is 0. The number of nitrogens with zero attached hydrogens (tertiary/aromatic N) is 3. The lowest BCUT2D eigenvalue weighted by atomic mass is 9.73. The van der Waals surface area contributed by atoms with E-state index in [-0.39, 0.29) is 48.4 Å². The predicted molar refractivity (Wildman–Crippen MR) is 136 cm³/mol. The third kappa shape index (κ3) is 4.57. The van der Waals surface area contributed by atoms with Crippen LogP contribution in [0.4, 0.5) is 0 Å². The van der Waals surface area contributed by atoms with Crippen molar-refractivity contribution in [3.05, 3.63) is 35.4 Å². The zero-order chi connectivity index (χ0) is 25.3. The molecule has 1 aromatic carbocycles. The fourth-order valence-corrected chi connectivity index (χ4v) is 6.97. The lowest BCUT2D eigenvalue weighted by Crippen LogP contribution is -2.49. The molecule has 194 valence electrons. The number of aryl methyl sites for hydroxylation is 1. The molecule has 7 nitrogen and oxygen atoms in total. The predicted octanol–water partition coefficient (Wildman–Crippen LogP) is 3.58. The molecule has 0 N–H and O–H groups in total. The first-order valence-electron chi connectivity index (χ1n) is 13.9. The minimum absolute atomic E-state index is 0.0103. The molecule has 1 aliphatic carbocycles. The van der Waals surface area contributed by atoms with Crippen LogP contribution in [0.2, 0.25) is 0 Å². The number of piperidine rings is 2. The Balaban J connectivity index is 1.32. The number of hydrogen-bond donors (Lipinski definition) is 0.